The highest BCUT2D eigenvalue weighted by Gasteiger charge is 2.35. The maximum Gasteiger partial charge on any atom is 0.229 e. The van der Waals surface area contributed by atoms with Crippen LogP contribution in [0.3, 0.4) is 0 Å². The van der Waals surface area contributed by atoms with E-state index in [0.29, 0.717) is 13.0 Å². The van der Waals surface area contributed by atoms with Gasteiger partial charge in [0, 0.05) is 28.3 Å². The molecule has 1 aromatic carbocycles. The van der Waals surface area contributed by atoms with Crippen LogP contribution < -0.4 is 5.32 Å². The first-order valence-corrected chi connectivity index (χ1v) is 7.41. The monoisotopic (exact) mass is 372 g/mol. The summed E-state index contributed by atoms with van der Waals surface area (Å²) in [6.07, 6.45) is 0.314. The van der Waals surface area contributed by atoms with Crippen molar-refractivity contribution >= 4 is 40.1 Å². The number of rotatable bonds is 3. The second kappa shape index (κ2) is 5.90. The van der Waals surface area contributed by atoms with E-state index in [9.17, 15) is 9.59 Å². The Labute approximate surface area is 126 Å². The van der Waals surface area contributed by atoms with Gasteiger partial charge in [0.25, 0.3) is 0 Å². The average Bonchev–Trinajstić information content (AvgIpc) is 2.74. The number of amides is 2. The van der Waals surface area contributed by atoms with E-state index in [4.69, 9.17) is 0 Å². The quantitative estimate of drug-likeness (QED) is 0.829. The molecule has 1 saturated heterocycles. The molecule has 19 heavy (non-hydrogen) atoms. The molecule has 0 unspecified atom stereocenters. The lowest BCUT2D eigenvalue weighted by Gasteiger charge is -2.20. The maximum atomic E-state index is 12.1. The third-order valence-electron chi connectivity index (χ3n) is 3.26. The molecule has 102 valence electrons. The average molecular weight is 372 g/mol. The Morgan fingerprint density at radius 3 is 2.53 bits per heavy atom. The van der Waals surface area contributed by atoms with E-state index in [1.165, 1.54) is 0 Å². The minimum Gasteiger partial charge on any atom is -0.339 e. The summed E-state index contributed by atoms with van der Waals surface area (Å²) in [5.41, 5.74) is 0.779. The maximum absolute atomic E-state index is 12.1. The zero-order valence-electron chi connectivity index (χ0n) is 11.0. The van der Waals surface area contributed by atoms with Crippen molar-refractivity contribution in [3.05, 3.63) is 27.8 Å². The first-order chi connectivity index (χ1) is 8.97. The van der Waals surface area contributed by atoms with Crippen molar-refractivity contribution in [3.63, 3.8) is 0 Å². The fourth-order valence-corrected chi connectivity index (χ4v) is 2.54. The summed E-state index contributed by atoms with van der Waals surface area (Å²) >= 11 is 2.22. The third kappa shape index (κ3) is 3.46. The van der Waals surface area contributed by atoms with E-state index in [2.05, 4.69) is 27.9 Å². The van der Waals surface area contributed by atoms with E-state index in [-0.39, 0.29) is 23.8 Å². The van der Waals surface area contributed by atoms with Gasteiger partial charge >= 0.3 is 0 Å². The molecule has 1 fully saturated rings. The van der Waals surface area contributed by atoms with Gasteiger partial charge in [-0.1, -0.05) is 0 Å². The van der Waals surface area contributed by atoms with Gasteiger partial charge in [-0.15, -0.1) is 0 Å². The number of nitrogens with one attached hydrogen (secondary N) is 1. The molecule has 0 aromatic heterocycles. The molecule has 1 aromatic rings. The number of hydrogen-bond donors (Lipinski definition) is 1. The number of halogens is 1. The molecule has 0 saturated carbocycles. The number of hydrogen-bond acceptors (Lipinski definition) is 2. The third-order valence-corrected chi connectivity index (χ3v) is 3.98. The molecule has 5 heteroatoms. The van der Waals surface area contributed by atoms with E-state index in [1.54, 1.807) is 4.90 Å². The molecule has 0 radical (unpaired) electrons. The van der Waals surface area contributed by atoms with Gasteiger partial charge in [-0.3, -0.25) is 9.59 Å². The molecule has 1 atom stereocenters. The van der Waals surface area contributed by atoms with Crippen LogP contribution >= 0.6 is 22.6 Å². The molecule has 4 nitrogen and oxygen atoms in total. The van der Waals surface area contributed by atoms with Crippen molar-refractivity contribution in [1.29, 1.82) is 0 Å². The highest BCUT2D eigenvalue weighted by Crippen LogP contribution is 2.22. The highest BCUT2D eigenvalue weighted by atomic mass is 127. The van der Waals surface area contributed by atoms with Gasteiger partial charge in [-0.25, -0.2) is 0 Å². The van der Waals surface area contributed by atoms with Crippen LogP contribution in [0.25, 0.3) is 0 Å². The van der Waals surface area contributed by atoms with Gasteiger partial charge in [0.15, 0.2) is 0 Å². The van der Waals surface area contributed by atoms with Crippen LogP contribution in [0.4, 0.5) is 5.69 Å². The van der Waals surface area contributed by atoms with Gasteiger partial charge in [-0.2, -0.15) is 0 Å². The second-order valence-corrected chi connectivity index (χ2v) is 6.28. The zero-order chi connectivity index (χ0) is 14.0. The molecule has 1 heterocycles. The molecule has 0 aliphatic carbocycles. The lowest BCUT2D eigenvalue weighted by Crippen LogP contribution is -2.33. The standard InChI is InChI=1S/C14H17IN2O2/c1-9(2)17-8-10(7-13(17)18)14(19)16-12-5-3-11(15)4-6-12/h3-6,9-10H,7-8H2,1-2H3,(H,16,19)/t10-/m0/s1. The smallest absolute Gasteiger partial charge is 0.229 e. The largest absolute Gasteiger partial charge is 0.339 e. The first kappa shape index (κ1) is 14.3. The fraction of sp³-hybridized carbons (Fsp3) is 0.429. The minimum absolute atomic E-state index is 0.0674. The van der Waals surface area contributed by atoms with Crippen LogP contribution in [-0.2, 0) is 9.59 Å². The van der Waals surface area contributed by atoms with Crippen LogP contribution in [0.2, 0.25) is 0 Å². The Balaban J connectivity index is 1.98. The Morgan fingerprint density at radius 2 is 2.00 bits per heavy atom. The highest BCUT2D eigenvalue weighted by molar-refractivity contribution is 14.1. The molecule has 2 rings (SSSR count). The van der Waals surface area contributed by atoms with Gasteiger partial charge in [-0.05, 0) is 60.7 Å². The molecule has 1 aliphatic heterocycles. The summed E-state index contributed by atoms with van der Waals surface area (Å²) in [6.45, 7) is 4.46. The molecule has 1 N–H and O–H groups in total. The number of nitrogens with zero attached hydrogens (tertiary/aromatic N) is 1. The van der Waals surface area contributed by atoms with E-state index >= 15 is 0 Å². The molecular formula is C14H17IN2O2. The Kier molecular flexibility index (Phi) is 4.44. The molecule has 0 spiro atoms. The summed E-state index contributed by atoms with van der Waals surface area (Å²) in [7, 11) is 0. The lowest BCUT2D eigenvalue weighted by atomic mass is 10.1. The molecule has 1 aliphatic rings. The van der Waals surface area contributed by atoms with Gasteiger partial charge in [0.05, 0.1) is 5.92 Å². The number of carbonyl (C=O) groups excluding carboxylic acids is 2. The zero-order valence-corrected chi connectivity index (χ0v) is 13.2. The SMILES string of the molecule is CC(C)N1C[C@@H](C(=O)Nc2ccc(I)cc2)CC1=O. The summed E-state index contributed by atoms with van der Waals surface area (Å²) in [4.78, 5) is 25.7. The Bertz CT molecular complexity index is 485. The van der Waals surface area contributed by atoms with Crippen molar-refractivity contribution in [3.8, 4) is 0 Å². The number of anilines is 1. The summed E-state index contributed by atoms with van der Waals surface area (Å²) in [5.74, 6) is -0.246. The van der Waals surface area contributed by atoms with Crippen molar-refractivity contribution < 1.29 is 9.59 Å². The predicted octanol–water partition coefficient (Wildman–Crippen LogP) is 2.49. The number of carbonyl (C=O) groups is 2. The summed E-state index contributed by atoms with van der Waals surface area (Å²) in [6, 6.07) is 7.78. The van der Waals surface area contributed by atoms with E-state index < -0.39 is 0 Å². The first-order valence-electron chi connectivity index (χ1n) is 6.33. The van der Waals surface area contributed by atoms with E-state index in [1.807, 2.05) is 38.1 Å². The van der Waals surface area contributed by atoms with Crippen molar-refractivity contribution in [2.45, 2.75) is 26.3 Å². The van der Waals surface area contributed by atoms with Crippen LogP contribution in [0.1, 0.15) is 20.3 Å². The van der Waals surface area contributed by atoms with Crippen LogP contribution in [0.5, 0.6) is 0 Å². The second-order valence-electron chi connectivity index (χ2n) is 5.04. The van der Waals surface area contributed by atoms with Gasteiger partial charge < -0.3 is 10.2 Å². The summed E-state index contributed by atoms with van der Waals surface area (Å²) in [5, 5.41) is 2.87. The van der Waals surface area contributed by atoms with Crippen molar-refractivity contribution in [2.24, 2.45) is 5.92 Å². The topological polar surface area (TPSA) is 49.4 Å². The lowest BCUT2D eigenvalue weighted by molar-refractivity contribution is -0.129. The van der Waals surface area contributed by atoms with Crippen LogP contribution in [-0.4, -0.2) is 29.3 Å². The van der Waals surface area contributed by atoms with E-state index in [0.717, 1.165) is 9.26 Å². The Hall–Kier alpha value is -1.11. The number of likely N-dealkylation sites (tertiary alicyclic amines) is 1. The summed E-state index contributed by atoms with van der Waals surface area (Å²) < 4.78 is 1.12. The predicted molar refractivity (Wildman–Crippen MR) is 82.7 cm³/mol. The van der Waals surface area contributed by atoms with Crippen LogP contribution in [0.15, 0.2) is 24.3 Å². The normalized spacial score (nSPS) is 19.1. The minimum atomic E-state index is -0.242. The van der Waals surface area contributed by atoms with Crippen molar-refractivity contribution in [2.75, 3.05) is 11.9 Å². The van der Waals surface area contributed by atoms with Gasteiger partial charge in [0.2, 0.25) is 11.8 Å². The molecule has 0 bridgehead atoms. The fourth-order valence-electron chi connectivity index (χ4n) is 2.18. The van der Waals surface area contributed by atoms with Crippen LogP contribution in [0, 0.1) is 9.49 Å². The Morgan fingerprint density at radius 1 is 1.37 bits per heavy atom. The number of benzene rings is 1. The van der Waals surface area contributed by atoms with Gasteiger partial charge in [0.1, 0.15) is 0 Å². The van der Waals surface area contributed by atoms with Crippen molar-refractivity contribution in [1.82, 2.24) is 4.90 Å². The molecule has 2 amide bonds. The molecular weight excluding hydrogens is 355 g/mol.